The Kier molecular flexibility index (Phi) is 5.60. The lowest BCUT2D eigenvalue weighted by Crippen LogP contribution is -2.48. The van der Waals surface area contributed by atoms with E-state index in [4.69, 9.17) is 5.11 Å². The third-order valence-corrected chi connectivity index (χ3v) is 4.52. The topological polar surface area (TPSA) is 56.0 Å². The van der Waals surface area contributed by atoms with E-state index in [1.807, 2.05) is 0 Å². The highest BCUT2D eigenvalue weighted by atomic mass is 32.2. The van der Waals surface area contributed by atoms with Crippen molar-refractivity contribution >= 4 is 11.8 Å². The van der Waals surface area contributed by atoms with E-state index in [1.54, 1.807) is 11.8 Å². The Bertz CT molecular complexity index is 250. The van der Waals surface area contributed by atoms with Crippen LogP contribution in [0, 0.1) is 17.2 Å². The highest BCUT2D eigenvalue weighted by molar-refractivity contribution is 7.99. The van der Waals surface area contributed by atoms with Crippen molar-refractivity contribution in [3.05, 3.63) is 0 Å². The fourth-order valence-electron chi connectivity index (χ4n) is 1.91. The van der Waals surface area contributed by atoms with Crippen LogP contribution >= 0.6 is 11.8 Å². The number of nitrogens with one attached hydrogen (secondary N) is 1. The van der Waals surface area contributed by atoms with Crippen molar-refractivity contribution in [2.45, 2.75) is 43.9 Å². The molecule has 0 aromatic heterocycles. The number of aliphatic hydroxyl groups is 1. The maximum Gasteiger partial charge on any atom is 0.118 e. The monoisotopic (exact) mass is 242 g/mol. The van der Waals surface area contributed by atoms with Gasteiger partial charge in [-0.3, -0.25) is 5.32 Å². The average molecular weight is 242 g/mol. The predicted molar refractivity (Wildman–Crippen MR) is 68.4 cm³/mol. The van der Waals surface area contributed by atoms with Gasteiger partial charge in [0, 0.05) is 17.6 Å². The van der Waals surface area contributed by atoms with Crippen LogP contribution in [-0.4, -0.2) is 34.8 Å². The lowest BCUT2D eigenvalue weighted by molar-refractivity contribution is 0.288. The van der Waals surface area contributed by atoms with Crippen LogP contribution in [0.3, 0.4) is 0 Å². The van der Waals surface area contributed by atoms with E-state index in [0.29, 0.717) is 11.2 Å². The summed E-state index contributed by atoms with van der Waals surface area (Å²) in [6.45, 7) is 5.25. The normalized spacial score (nSPS) is 21.1. The Morgan fingerprint density at radius 1 is 1.62 bits per heavy atom. The fourth-order valence-corrected chi connectivity index (χ4v) is 3.13. The summed E-state index contributed by atoms with van der Waals surface area (Å²) in [5, 5.41) is 22.0. The molecule has 0 aromatic rings. The second-order valence-electron chi connectivity index (χ2n) is 4.52. The van der Waals surface area contributed by atoms with Crippen LogP contribution in [-0.2, 0) is 0 Å². The first-order valence-electron chi connectivity index (χ1n) is 6.07. The minimum Gasteiger partial charge on any atom is -0.396 e. The number of hydrogen-bond donors (Lipinski definition) is 2. The first-order valence-corrected chi connectivity index (χ1v) is 7.12. The maximum atomic E-state index is 9.39. The van der Waals surface area contributed by atoms with Gasteiger partial charge < -0.3 is 5.11 Å². The number of hydrogen-bond acceptors (Lipinski definition) is 4. The number of rotatable bonds is 8. The number of nitriles is 1. The molecule has 0 heterocycles. The lowest BCUT2D eigenvalue weighted by Gasteiger charge is -2.28. The highest BCUT2D eigenvalue weighted by Crippen LogP contribution is 2.41. The summed E-state index contributed by atoms with van der Waals surface area (Å²) in [4.78, 5) is 0. The molecule has 1 rings (SSSR count). The van der Waals surface area contributed by atoms with Crippen molar-refractivity contribution in [3.63, 3.8) is 0 Å². The van der Waals surface area contributed by atoms with E-state index in [-0.39, 0.29) is 12.1 Å². The molecular weight excluding hydrogens is 220 g/mol. The zero-order valence-corrected chi connectivity index (χ0v) is 11.0. The highest BCUT2D eigenvalue weighted by Gasteiger charge is 2.45. The molecular formula is C12H22N2OS. The zero-order valence-electron chi connectivity index (χ0n) is 10.2. The number of nitrogens with zero attached hydrogens (tertiary/aromatic N) is 1. The van der Waals surface area contributed by atoms with Crippen molar-refractivity contribution in [1.29, 1.82) is 5.26 Å². The summed E-state index contributed by atoms with van der Waals surface area (Å²) in [7, 11) is 0. The second-order valence-corrected chi connectivity index (χ2v) is 5.95. The summed E-state index contributed by atoms with van der Waals surface area (Å²) in [5.74, 6) is 1.37. The van der Waals surface area contributed by atoms with Gasteiger partial charge in [-0.25, -0.2) is 0 Å². The van der Waals surface area contributed by atoms with Gasteiger partial charge in [-0.2, -0.15) is 17.0 Å². The summed E-state index contributed by atoms with van der Waals surface area (Å²) >= 11 is 1.80. The van der Waals surface area contributed by atoms with E-state index in [0.717, 1.165) is 18.7 Å². The third-order valence-electron chi connectivity index (χ3n) is 3.10. The summed E-state index contributed by atoms with van der Waals surface area (Å²) in [5.41, 5.74) is -0.330. The molecule has 0 aliphatic heterocycles. The van der Waals surface area contributed by atoms with Gasteiger partial charge in [0.15, 0.2) is 0 Å². The fraction of sp³-hybridized carbons (Fsp3) is 0.917. The van der Waals surface area contributed by atoms with Crippen molar-refractivity contribution < 1.29 is 5.11 Å². The number of aliphatic hydroxyl groups excluding tert-OH is 1. The van der Waals surface area contributed by atoms with Gasteiger partial charge in [0.1, 0.15) is 5.54 Å². The molecule has 1 aliphatic carbocycles. The van der Waals surface area contributed by atoms with E-state index < -0.39 is 0 Å². The molecule has 16 heavy (non-hydrogen) atoms. The van der Waals surface area contributed by atoms with E-state index in [1.165, 1.54) is 12.8 Å². The van der Waals surface area contributed by atoms with Gasteiger partial charge in [0.05, 0.1) is 6.07 Å². The van der Waals surface area contributed by atoms with Crippen molar-refractivity contribution in [1.82, 2.24) is 5.32 Å². The van der Waals surface area contributed by atoms with Crippen molar-refractivity contribution in [3.8, 4) is 6.07 Å². The molecule has 1 aliphatic rings. The Labute approximate surface area is 103 Å². The van der Waals surface area contributed by atoms with Crippen LogP contribution < -0.4 is 5.32 Å². The van der Waals surface area contributed by atoms with Crippen LogP contribution in [0.25, 0.3) is 0 Å². The van der Waals surface area contributed by atoms with Crippen molar-refractivity contribution in [2.24, 2.45) is 5.92 Å². The van der Waals surface area contributed by atoms with Gasteiger partial charge in [0.25, 0.3) is 0 Å². The lowest BCUT2D eigenvalue weighted by atomic mass is 9.98. The van der Waals surface area contributed by atoms with Crippen LogP contribution in [0.5, 0.6) is 0 Å². The summed E-state index contributed by atoms with van der Waals surface area (Å²) in [6, 6.07) is 2.48. The molecule has 1 fully saturated rings. The second kappa shape index (κ2) is 6.48. The molecule has 4 heteroatoms. The molecule has 92 valence electrons. The minimum absolute atomic E-state index is 0.234. The van der Waals surface area contributed by atoms with Crippen LogP contribution in [0.15, 0.2) is 0 Å². The predicted octanol–water partition coefficient (Wildman–Crippen LogP) is 1.77. The Balaban J connectivity index is 2.47. The van der Waals surface area contributed by atoms with Gasteiger partial charge >= 0.3 is 0 Å². The van der Waals surface area contributed by atoms with Gasteiger partial charge in [-0.15, -0.1) is 0 Å². The molecule has 3 nitrogen and oxygen atoms in total. The van der Waals surface area contributed by atoms with E-state index >= 15 is 0 Å². The van der Waals surface area contributed by atoms with E-state index in [2.05, 4.69) is 25.2 Å². The summed E-state index contributed by atoms with van der Waals surface area (Å²) in [6.07, 6.45) is 3.16. The van der Waals surface area contributed by atoms with Crippen LogP contribution in [0.1, 0.15) is 33.1 Å². The SMILES string of the molecule is CCNC(C#N)(CSC(C)CCO)C1CC1. The molecule has 2 unspecified atom stereocenters. The van der Waals surface area contributed by atoms with Crippen LogP contribution in [0.2, 0.25) is 0 Å². The van der Waals surface area contributed by atoms with Gasteiger partial charge in [0.2, 0.25) is 0 Å². The third kappa shape index (κ3) is 3.65. The molecule has 0 saturated heterocycles. The smallest absolute Gasteiger partial charge is 0.118 e. The molecule has 0 aromatic carbocycles. The van der Waals surface area contributed by atoms with Crippen LogP contribution in [0.4, 0.5) is 0 Å². The summed E-state index contributed by atoms with van der Waals surface area (Å²) < 4.78 is 0. The number of thioether (sulfide) groups is 1. The van der Waals surface area contributed by atoms with Gasteiger partial charge in [-0.05, 0) is 31.7 Å². The quantitative estimate of drug-likeness (QED) is 0.681. The Morgan fingerprint density at radius 3 is 2.75 bits per heavy atom. The Hall–Kier alpha value is -0.240. The Morgan fingerprint density at radius 2 is 2.31 bits per heavy atom. The molecule has 2 atom stereocenters. The largest absolute Gasteiger partial charge is 0.396 e. The first kappa shape index (κ1) is 13.8. The molecule has 1 saturated carbocycles. The standard InChI is InChI=1S/C12H22N2OS/c1-3-14-12(8-13,11-4-5-11)9-16-10(2)6-7-15/h10-11,14-15H,3-7,9H2,1-2H3. The molecule has 0 spiro atoms. The first-order chi connectivity index (χ1) is 7.68. The zero-order chi connectivity index (χ0) is 12.0. The average Bonchev–Trinajstić information content (AvgIpc) is 3.09. The molecule has 0 bridgehead atoms. The molecule has 0 amide bonds. The minimum atomic E-state index is -0.330. The molecule has 2 N–H and O–H groups in total. The molecule has 0 radical (unpaired) electrons. The van der Waals surface area contributed by atoms with Crippen molar-refractivity contribution in [2.75, 3.05) is 18.9 Å². The maximum absolute atomic E-state index is 9.39. The van der Waals surface area contributed by atoms with E-state index in [9.17, 15) is 5.26 Å². The van der Waals surface area contributed by atoms with Gasteiger partial charge in [-0.1, -0.05) is 13.8 Å².